The van der Waals surface area contributed by atoms with Crippen LogP contribution in [-0.2, 0) is 19.8 Å². The van der Waals surface area contributed by atoms with E-state index < -0.39 is 12.6 Å². The van der Waals surface area contributed by atoms with Crippen LogP contribution in [0.2, 0.25) is 0 Å². The summed E-state index contributed by atoms with van der Waals surface area (Å²) >= 11 is 0. The number of carbonyl (C=O) groups excluding carboxylic acids is 1. The Balaban J connectivity index is 1.81. The van der Waals surface area contributed by atoms with E-state index in [0.29, 0.717) is 33.6 Å². The lowest BCUT2D eigenvalue weighted by molar-refractivity contribution is 0.0948. The Morgan fingerprint density at radius 3 is 2.72 bits per heavy atom. The molecule has 0 aliphatic rings. The van der Waals surface area contributed by atoms with Crippen molar-refractivity contribution in [1.29, 1.82) is 0 Å². The van der Waals surface area contributed by atoms with Gasteiger partial charge in [0, 0.05) is 30.1 Å². The van der Waals surface area contributed by atoms with Gasteiger partial charge < -0.3 is 20.3 Å². The summed E-state index contributed by atoms with van der Waals surface area (Å²) in [5.41, 5.74) is 3.18. The van der Waals surface area contributed by atoms with Crippen molar-refractivity contribution in [3.8, 4) is 22.6 Å². The van der Waals surface area contributed by atoms with Crippen molar-refractivity contribution in [2.24, 2.45) is 0 Å². The van der Waals surface area contributed by atoms with Gasteiger partial charge in [-0.3, -0.25) is 9.78 Å². The van der Waals surface area contributed by atoms with Gasteiger partial charge in [0.15, 0.2) is 0 Å². The van der Waals surface area contributed by atoms with Crippen molar-refractivity contribution in [2.45, 2.75) is 19.8 Å². The molecule has 150 valence electrons. The molecule has 29 heavy (non-hydrogen) atoms. The minimum Gasteiger partial charge on any atom is -0.507 e. The van der Waals surface area contributed by atoms with Gasteiger partial charge in [-0.05, 0) is 47.0 Å². The summed E-state index contributed by atoms with van der Waals surface area (Å²) in [7, 11) is 1.47. The minimum absolute atomic E-state index is 0.0921. The van der Waals surface area contributed by atoms with E-state index in [0.717, 1.165) is 0 Å². The van der Waals surface area contributed by atoms with Gasteiger partial charge in [0.2, 0.25) is 0 Å². The van der Waals surface area contributed by atoms with Crippen LogP contribution in [0.15, 0.2) is 54.9 Å². The van der Waals surface area contributed by atoms with Gasteiger partial charge in [0.05, 0.1) is 19.3 Å². The first-order chi connectivity index (χ1) is 14.1. The summed E-state index contributed by atoms with van der Waals surface area (Å²) in [6.45, 7) is -0.686. The van der Waals surface area contributed by atoms with Gasteiger partial charge in [-0.2, -0.15) is 0 Å². The summed E-state index contributed by atoms with van der Waals surface area (Å²) in [6.07, 6.45) is 3.17. The van der Waals surface area contributed by atoms with Crippen LogP contribution >= 0.6 is 0 Å². The first-order valence-electron chi connectivity index (χ1n) is 8.94. The average molecular weight is 396 g/mol. The lowest BCUT2D eigenvalue weighted by Gasteiger charge is -2.12. The number of amides is 1. The Morgan fingerprint density at radius 1 is 1.17 bits per heavy atom. The number of halogens is 1. The first-order valence-corrected chi connectivity index (χ1v) is 8.94. The Labute approximate surface area is 167 Å². The van der Waals surface area contributed by atoms with Crippen molar-refractivity contribution in [2.75, 3.05) is 7.11 Å². The number of nitrogens with one attached hydrogen (secondary N) is 1. The van der Waals surface area contributed by atoms with E-state index in [1.807, 2.05) is 0 Å². The third kappa shape index (κ3) is 4.52. The topological polar surface area (TPSA) is 91.7 Å². The van der Waals surface area contributed by atoms with Gasteiger partial charge in [0.1, 0.15) is 18.2 Å². The molecule has 0 aliphatic carbocycles. The highest BCUT2D eigenvalue weighted by molar-refractivity contribution is 5.98. The fourth-order valence-corrected chi connectivity index (χ4v) is 3.03. The second-order valence-corrected chi connectivity index (χ2v) is 6.39. The van der Waals surface area contributed by atoms with Gasteiger partial charge >= 0.3 is 0 Å². The normalized spacial score (nSPS) is 10.6. The number of aliphatic hydroxyl groups is 1. The minimum atomic E-state index is -0.675. The molecule has 0 atom stereocenters. The number of phenolic OH excluding ortho intramolecular Hbond substituents is 1. The SMILES string of the molecule is COc1ccc(CNC(=O)c2cc(-c3cnccc3CO)ccc2O)cc1CF. The number of aromatic hydroxyl groups is 1. The van der Waals surface area contributed by atoms with E-state index in [-0.39, 0.29) is 24.5 Å². The largest absolute Gasteiger partial charge is 0.507 e. The molecule has 0 radical (unpaired) electrons. The zero-order valence-corrected chi connectivity index (χ0v) is 15.9. The Kier molecular flexibility index (Phi) is 6.41. The highest BCUT2D eigenvalue weighted by Gasteiger charge is 2.14. The van der Waals surface area contributed by atoms with E-state index >= 15 is 0 Å². The van der Waals surface area contributed by atoms with Crippen molar-refractivity contribution >= 4 is 5.91 Å². The van der Waals surface area contributed by atoms with Crippen molar-refractivity contribution in [3.05, 3.63) is 77.1 Å². The summed E-state index contributed by atoms with van der Waals surface area (Å²) in [6, 6.07) is 11.3. The summed E-state index contributed by atoms with van der Waals surface area (Å²) in [5, 5.41) is 22.4. The third-order valence-corrected chi connectivity index (χ3v) is 4.58. The number of hydrogen-bond acceptors (Lipinski definition) is 5. The number of methoxy groups -OCH3 is 1. The average Bonchev–Trinajstić information content (AvgIpc) is 2.77. The monoisotopic (exact) mass is 396 g/mol. The molecule has 6 nitrogen and oxygen atoms in total. The number of hydrogen-bond donors (Lipinski definition) is 3. The Hall–Kier alpha value is -3.45. The number of rotatable bonds is 7. The molecular formula is C22H21FN2O4. The molecule has 3 aromatic rings. The molecule has 1 amide bonds. The molecule has 1 heterocycles. The van der Waals surface area contributed by atoms with Gasteiger partial charge in [-0.25, -0.2) is 4.39 Å². The molecule has 0 saturated heterocycles. The highest BCUT2D eigenvalue weighted by Crippen LogP contribution is 2.28. The maximum absolute atomic E-state index is 13.1. The van der Waals surface area contributed by atoms with Crippen LogP contribution < -0.4 is 10.1 Å². The fourth-order valence-electron chi connectivity index (χ4n) is 3.03. The molecule has 3 N–H and O–H groups in total. The van der Waals surface area contributed by atoms with Crippen LogP contribution in [0.1, 0.15) is 27.0 Å². The first kappa shape index (κ1) is 20.3. The number of aliphatic hydroxyl groups excluding tert-OH is 1. The smallest absolute Gasteiger partial charge is 0.255 e. The number of aromatic nitrogens is 1. The van der Waals surface area contributed by atoms with Crippen molar-refractivity contribution < 1.29 is 24.1 Å². The standard InChI is InChI=1S/C22H21FN2O4/c1-29-21-5-2-14(8-17(21)10-23)11-25-22(28)18-9-15(3-4-20(18)27)19-12-24-7-6-16(19)13-26/h2-9,12,26-27H,10-11,13H2,1H3,(H,25,28). The molecule has 0 fully saturated rings. The zero-order valence-electron chi connectivity index (χ0n) is 15.9. The number of nitrogens with zero attached hydrogens (tertiary/aromatic N) is 1. The third-order valence-electron chi connectivity index (χ3n) is 4.58. The highest BCUT2D eigenvalue weighted by atomic mass is 19.1. The molecular weight excluding hydrogens is 375 g/mol. The predicted molar refractivity (Wildman–Crippen MR) is 106 cm³/mol. The van der Waals surface area contributed by atoms with Crippen molar-refractivity contribution in [3.63, 3.8) is 0 Å². The number of alkyl halides is 1. The lowest BCUT2D eigenvalue weighted by atomic mass is 9.99. The van der Waals surface area contributed by atoms with E-state index in [1.165, 1.54) is 13.2 Å². The Bertz CT molecular complexity index is 1020. The van der Waals surface area contributed by atoms with Crippen molar-refractivity contribution in [1.82, 2.24) is 10.3 Å². The molecule has 0 saturated carbocycles. The second-order valence-electron chi connectivity index (χ2n) is 6.39. The number of carbonyl (C=O) groups is 1. The van der Waals surface area contributed by atoms with Crippen LogP contribution in [-0.4, -0.2) is 28.2 Å². The molecule has 1 aromatic heterocycles. The van der Waals surface area contributed by atoms with Crippen LogP contribution in [0.3, 0.4) is 0 Å². The van der Waals surface area contributed by atoms with Crippen LogP contribution in [0.5, 0.6) is 11.5 Å². The fraction of sp³-hybridized carbons (Fsp3) is 0.182. The van der Waals surface area contributed by atoms with Crippen LogP contribution in [0.25, 0.3) is 11.1 Å². The van der Waals surface area contributed by atoms with E-state index in [9.17, 15) is 19.4 Å². The number of pyridine rings is 1. The van der Waals surface area contributed by atoms with Crippen LogP contribution in [0, 0.1) is 0 Å². The van der Waals surface area contributed by atoms with Gasteiger partial charge in [0.25, 0.3) is 5.91 Å². The maximum Gasteiger partial charge on any atom is 0.255 e. The van der Waals surface area contributed by atoms with E-state index in [4.69, 9.17) is 4.74 Å². The lowest BCUT2D eigenvalue weighted by Crippen LogP contribution is -2.23. The summed E-state index contributed by atoms with van der Waals surface area (Å²) in [4.78, 5) is 16.7. The summed E-state index contributed by atoms with van der Waals surface area (Å²) < 4.78 is 18.2. The molecule has 0 bridgehead atoms. The molecule has 0 aliphatic heterocycles. The quantitative estimate of drug-likeness (QED) is 0.570. The molecule has 0 spiro atoms. The van der Waals surface area contributed by atoms with Gasteiger partial charge in [-0.15, -0.1) is 0 Å². The molecule has 7 heteroatoms. The second kappa shape index (κ2) is 9.16. The molecule has 3 rings (SSSR count). The number of phenols is 1. The van der Waals surface area contributed by atoms with E-state index in [2.05, 4.69) is 10.3 Å². The predicted octanol–water partition coefficient (Wildman–Crippen LogP) is 3.35. The Morgan fingerprint density at radius 2 is 2.00 bits per heavy atom. The van der Waals surface area contributed by atoms with E-state index in [1.54, 1.807) is 48.8 Å². The maximum atomic E-state index is 13.1. The molecule has 2 aromatic carbocycles. The number of benzene rings is 2. The molecule has 0 unspecified atom stereocenters. The number of ether oxygens (including phenoxy) is 1. The van der Waals surface area contributed by atoms with Gasteiger partial charge in [-0.1, -0.05) is 12.1 Å². The van der Waals surface area contributed by atoms with Crippen LogP contribution in [0.4, 0.5) is 4.39 Å². The zero-order chi connectivity index (χ0) is 20.8. The summed E-state index contributed by atoms with van der Waals surface area (Å²) in [5.74, 6) is -0.194.